The summed E-state index contributed by atoms with van der Waals surface area (Å²) in [7, 11) is 1.56. The Labute approximate surface area is 119 Å². The van der Waals surface area contributed by atoms with E-state index in [1.54, 1.807) is 7.11 Å². The van der Waals surface area contributed by atoms with E-state index >= 15 is 0 Å². The number of nitrogens with zero attached hydrogens (tertiary/aromatic N) is 1. The number of carboxylic acids is 1. The first kappa shape index (κ1) is 15.3. The third kappa shape index (κ3) is 3.70. The molecule has 0 aromatic rings. The van der Waals surface area contributed by atoms with Gasteiger partial charge in [0, 0.05) is 26.5 Å². The van der Waals surface area contributed by atoms with Crippen molar-refractivity contribution in [3.05, 3.63) is 0 Å². The number of likely N-dealkylation sites (tertiary alicyclic amines) is 1. The highest BCUT2D eigenvalue weighted by Crippen LogP contribution is 2.23. The Bertz CT molecular complexity index is 355. The zero-order valence-electron chi connectivity index (χ0n) is 12.0. The molecule has 0 bridgehead atoms. The smallest absolute Gasteiger partial charge is 0.326 e. The van der Waals surface area contributed by atoms with E-state index in [0.717, 1.165) is 32.4 Å². The number of piperidine rings is 1. The summed E-state index contributed by atoms with van der Waals surface area (Å²) in [5, 5.41) is 12.5. The second-order valence-corrected chi connectivity index (χ2v) is 5.74. The van der Waals surface area contributed by atoms with Gasteiger partial charge in [-0.25, -0.2) is 4.79 Å². The van der Waals surface area contributed by atoms with Crippen molar-refractivity contribution in [2.24, 2.45) is 5.92 Å². The lowest BCUT2D eigenvalue weighted by Gasteiger charge is -2.25. The van der Waals surface area contributed by atoms with Crippen molar-refractivity contribution in [3.8, 4) is 0 Å². The molecule has 2 aliphatic heterocycles. The molecule has 20 heavy (non-hydrogen) atoms. The van der Waals surface area contributed by atoms with Gasteiger partial charge in [0.05, 0.1) is 6.10 Å². The highest BCUT2D eigenvalue weighted by Gasteiger charge is 2.39. The summed E-state index contributed by atoms with van der Waals surface area (Å²) >= 11 is 0. The number of aliphatic carboxylic acids is 1. The molecule has 2 heterocycles. The quantitative estimate of drug-likeness (QED) is 0.767. The molecule has 0 radical (unpaired) electrons. The molecule has 2 rings (SSSR count). The van der Waals surface area contributed by atoms with E-state index in [9.17, 15) is 14.7 Å². The number of methoxy groups -OCH3 is 1. The van der Waals surface area contributed by atoms with Crippen LogP contribution in [0, 0.1) is 5.92 Å². The molecule has 6 nitrogen and oxygen atoms in total. The average Bonchev–Trinajstić information content (AvgIpc) is 2.90. The Morgan fingerprint density at radius 2 is 2.25 bits per heavy atom. The first-order chi connectivity index (χ1) is 9.61. The number of rotatable bonds is 5. The number of hydrogen-bond donors (Lipinski definition) is 2. The summed E-state index contributed by atoms with van der Waals surface area (Å²) in [5.41, 5.74) is 0. The molecule has 0 spiro atoms. The molecule has 0 aliphatic carbocycles. The van der Waals surface area contributed by atoms with Crippen LogP contribution in [0.15, 0.2) is 0 Å². The van der Waals surface area contributed by atoms with Gasteiger partial charge >= 0.3 is 5.97 Å². The van der Waals surface area contributed by atoms with Crippen LogP contribution in [0.4, 0.5) is 0 Å². The lowest BCUT2D eigenvalue weighted by Crippen LogP contribution is -2.41. The number of carbonyl (C=O) groups is 2. The maximum Gasteiger partial charge on any atom is 0.326 e. The topological polar surface area (TPSA) is 78.9 Å². The Balaban J connectivity index is 1.85. The lowest BCUT2D eigenvalue weighted by atomic mass is 9.94. The fourth-order valence-corrected chi connectivity index (χ4v) is 3.12. The number of hydrogen-bond acceptors (Lipinski definition) is 4. The van der Waals surface area contributed by atoms with Crippen molar-refractivity contribution in [1.29, 1.82) is 0 Å². The van der Waals surface area contributed by atoms with Gasteiger partial charge in [-0.3, -0.25) is 4.79 Å². The molecule has 2 fully saturated rings. The van der Waals surface area contributed by atoms with E-state index in [-0.39, 0.29) is 12.0 Å². The van der Waals surface area contributed by atoms with Crippen LogP contribution in [0.1, 0.15) is 32.1 Å². The molecular formula is C14H24N2O4. The van der Waals surface area contributed by atoms with E-state index < -0.39 is 12.0 Å². The summed E-state index contributed by atoms with van der Waals surface area (Å²) in [5.74, 6) is -0.448. The lowest BCUT2D eigenvalue weighted by molar-refractivity contribution is -0.148. The summed E-state index contributed by atoms with van der Waals surface area (Å²) in [6.45, 7) is 2.43. The maximum absolute atomic E-state index is 12.3. The van der Waals surface area contributed by atoms with Gasteiger partial charge in [-0.2, -0.15) is 0 Å². The van der Waals surface area contributed by atoms with Crippen LogP contribution in [-0.2, 0) is 14.3 Å². The van der Waals surface area contributed by atoms with E-state index in [1.165, 1.54) is 4.90 Å². The van der Waals surface area contributed by atoms with Crippen LogP contribution in [0.5, 0.6) is 0 Å². The molecule has 0 aromatic heterocycles. The minimum absolute atomic E-state index is 0.0532. The van der Waals surface area contributed by atoms with Crippen molar-refractivity contribution in [1.82, 2.24) is 10.2 Å². The standard InChI is InChI=1S/C14H24N2O4/c1-20-11-7-12(14(18)19)16(9-11)13(17)5-4-10-3-2-6-15-8-10/h10-12,15H,2-9H2,1H3,(H,18,19). The average molecular weight is 284 g/mol. The van der Waals surface area contributed by atoms with Crippen LogP contribution in [0.2, 0.25) is 0 Å². The van der Waals surface area contributed by atoms with Gasteiger partial charge in [0.1, 0.15) is 6.04 Å². The summed E-state index contributed by atoms with van der Waals surface area (Å²) in [6.07, 6.45) is 3.83. The van der Waals surface area contributed by atoms with Crippen LogP contribution in [0.25, 0.3) is 0 Å². The van der Waals surface area contributed by atoms with E-state index in [0.29, 0.717) is 25.3 Å². The number of nitrogens with one attached hydrogen (secondary N) is 1. The number of carbonyl (C=O) groups excluding carboxylic acids is 1. The van der Waals surface area contributed by atoms with Crippen molar-refractivity contribution in [3.63, 3.8) is 0 Å². The highest BCUT2D eigenvalue weighted by atomic mass is 16.5. The predicted molar refractivity (Wildman–Crippen MR) is 73.4 cm³/mol. The SMILES string of the molecule is COC1CC(C(=O)O)N(C(=O)CCC2CCCNC2)C1. The summed E-state index contributed by atoms with van der Waals surface area (Å²) in [4.78, 5) is 25.0. The maximum atomic E-state index is 12.3. The Morgan fingerprint density at radius 1 is 1.45 bits per heavy atom. The second kappa shape index (κ2) is 7.04. The molecule has 3 unspecified atom stereocenters. The molecule has 6 heteroatoms. The zero-order valence-corrected chi connectivity index (χ0v) is 12.0. The number of ether oxygens (including phenoxy) is 1. The third-order valence-electron chi connectivity index (χ3n) is 4.37. The monoisotopic (exact) mass is 284 g/mol. The van der Waals surface area contributed by atoms with Crippen LogP contribution >= 0.6 is 0 Å². The molecule has 3 atom stereocenters. The molecule has 0 aromatic carbocycles. The van der Waals surface area contributed by atoms with Gasteiger partial charge in [0.2, 0.25) is 5.91 Å². The first-order valence-electron chi connectivity index (χ1n) is 7.37. The largest absolute Gasteiger partial charge is 0.480 e. The number of carboxylic acid groups (broad SMARTS) is 1. The van der Waals surface area contributed by atoms with Crippen molar-refractivity contribution < 1.29 is 19.4 Å². The van der Waals surface area contributed by atoms with Crippen molar-refractivity contribution in [2.45, 2.75) is 44.2 Å². The molecular weight excluding hydrogens is 260 g/mol. The van der Waals surface area contributed by atoms with Crippen molar-refractivity contribution in [2.75, 3.05) is 26.7 Å². The van der Waals surface area contributed by atoms with Crippen LogP contribution < -0.4 is 5.32 Å². The molecule has 2 N–H and O–H groups in total. The highest BCUT2D eigenvalue weighted by molar-refractivity contribution is 5.84. The van der Waals surface area contributed by atoms with Gasteiger partial charge in [-0.15, -0.1) is 0 Å². The predicted octanol–water partition coefficient (Wildman–Crippen LogP) is 0.467. The molecule has 114 valence electrons. The first-order valence-corrected chi connectivity index (χ1v) is 7.37. The van der Waals surface area contributed by atoms with E-state index in [2.05, 4.69) is 5.32 Å². The van der Waals surface area contributed by atoms with Crippen LogP contribution in [0.3, 0.4) is 0 Å². The minimum atomic E-state index is -0.933. The molecule has 0 saturated carbocycles. The van der Waals surface area contributed by atoms with Crippen LogP contribution in [-0.4, -0.2) is 60.8 Å². The fourth-order valence-electron chi connectivity index (χ4n) is 3.12. The van der Waals surface area contributed by atoms with Gasteiger partial charge in [0.25, 0.3) is 0 Å². The Kier molecular flexibility index (Phi) is 5.37. The van der Waals surface area contributed by atoms with Gasteiger partial charge in [-0.1, -0.05) is 0 Å². The van der Waals surface area contributed by atoms with Gasteiger partial charge < -0.3 is 20.1 Å². The normalized spacial score (nSPS) is 30.4. The Morgan fingerprint density at radius 3 is 2.85 bits per heavy atom. The molecule has 1 amide bonds. The third-order valence-corrected chi connectivity index (χ3v) is 4.37. The number of amides is 1. The van der Waals surface area contributed by atoms with Gasteiger partial charge in [-0.05, 0) is 38.3 Å². The zero-order chi connectivity index (χ0) is 14.5. The summed E-state index contributed by atoms with van der Waals surface area (Å²) < 4.78 is 5.20. The van der Waals surface area contributed by atoms with E-state index in [1.807, 2.05) is 0 Å². The molecule has 2 saturated heterocycles. The molecule has 2 aliphatic rings. The van der Waals surface area contributed by atoms with E-state index in [4.69, 9.17) is 4.74 Å². The van der Waals surface area contributed by atoms with Gasteiger partial charge in [0.15, 0.2) is 0 Å². The van der Waals surface area contributed by atoms with Crippen molar-refractivity contribution >= 4 is 11.9 Å². The summed E-state index contributed by atoms with van der Waals surface area (Å²) in [6, 6.07) is -0.725. The second-order valence-electron chi connectivity index (χ2n) is 5.74. The minimum Gasteiger partial charge on any atom is -0.480 e. The fraction of sp³-hybridized carbons (Fsp3) is 0.857. The Hall–Kier alpha value is -1.14.